The molecule has 2 aromatic rings. The first-order valence-electron chi connectivity index (χ1n) is 5.24. The largest absolute Gasteiger partial charge is 0.473 e. The molecule has 0 aliphatic rings. The van der Waals surface area contributed by atoms with Gasteiger partial charge in [-0.2, -0.15) is 0 Å². The summed E-state index contributed by atoms with van der Waals surface area (Å²) in [4.78, 5) is 4.10. The van der Waals surface area contributed by atoms with Gasteiger partial charge in [-0.25, -0.2) is 4.98 Å². The summed E-state index contributed by atoms with van der Waals surface area (Å²) in [6.45, 7) is 2.36. The zero-order valence-corrected chi connectivity index (χ0v) is 10.2. The number of nitrogen functional groups attached to an aromatic ring is 1. The van der Waals surface area contributed by atoms with Crippen LogP contribution in [-0.4, -0.2) is 4.98 Å². The van der Waals surface area contributed by atoms with Gasteiger partial charge in [0, 0.05) is 11.1 Å². The molecule has 1 aromatic heterocycles. The maximum Gasteiger partial charge on any atom is 0.213 e. The van der Waals surface area contributed by atoms with E-state index in [0.717, 1.165) is 11.1 Å². The fourth-order valence-corrected chi connectivity index (χ4v) is 1.62. The average Bonchev–Trinajstić information content (AvgIpc) is 2.31. The van der Waals surface area contributed by atoms with Crippen LogP contribution in [-0.2, 0) is 6.61 Å². The fraction of sp³-hybridized carbons (Fsp3) is 0.154. The standard InChI is InChI=1S/C13H13ClN2O/c1-9-5-13(16-7-12(9)15)17-8-10-3-2-4-11(14)6-10/h2-7H,8,15H2,1H3. The molecule has 0 aliphatic heterocycles. The molecule has 0 saturated carbocycles. The van der Waals surface area contributed by atoms with Crippen LogP contribution < -0.4 is 10.5 Å². The van der Waals surface area contributed by atoms with Gasteiger partial charge in [0.1, 0.15) is 6.61 Å². The average molecular weight is 249 g/mol. The van der Waals surface area contributed by atoms with Gasteiger partial charge in [-0.05, 0) is 30.2 Å². The smallest absolute Gasteiger partial charge is 0.213 e. The summed E-state index contributed by atoms with van der Waals surface area (Å²) in [5.41, 5.74) is 8.31. The number of aromatic nitrogens is 1. The molecule has 2 rings (SSSR count). The minimum Gasteiger partial charge on any atom is -0.473 e. The van der Waals surface area contributed by atoms with Crippen LogP contribution in [0, 0.1) is 6.92 Å². The Hall–Kier alpha value is -1.74. The van der Waals surface area contributed by atoms with Gasteiger partial charge in [0.2, 0.25) is 5.88 Å². The van der Waals surface area contributed by atoms with E-state index in [2.05, 4.69) is 4.98 Å². The Kier molecular flexibility index (Phi) is 3.49. The number of halogens is 1. The molecule has 17 heavy (non-hydrogen) atoms. The lowest BCUT2D eigenvalue weighted by Crippen LogP contribution is -1.99. The molecular formula is C13H13ClN2O. The molecule has 0 radical (unpaired) electrons. The van der Waals surface area contributed by atoms with Crippen molar-refractivity contribution in [2.24, 2.45) is 0 Å². The monoisotopic (exact) mass is 248 g/mol. The molecule has 1 aromatic carbocycles. The molecule has 0 unspecified atom stereocenters. The van der Waals surface area contributed by atoms with Gasteiger partial charge in [-0.3, -0.25) is 0 Å². The zero-order valence-electron chi connectivity index (χ0n) is 9.48. The summed E-state index contributed by atoms with van der Waals surface area (Å²) < 4.78 is 5.56. The van der Waals surface area contributed by atoms with Crippen LogP contribution in [0.4, 0.5) is 5.69 Å². The molecule has 4 heteroatoms. The van der Waals surface area contributed by atoms with E-state index in [1.807, 2.05) is 37.3 Å². The van der Waals surface area contributed by atoms with E-state index in [1.165, 1.54) is 0 Å². The lowest BCUT2D eigenvalue weighted by atomic mass is 10.2. The Morgan fingerprint density at radius 1 is 1.35 bits per heavy atom. The van der Waals surface area contributed by atoms with Gasteiger partial charge in [0.25, 0.3) is 0 Å². The summed E-state index contributed by atoms with van der Waals surface area (Å²) in [7, 11) is 0. The number of hydrogen-bond acceptors (Lipinski definition) is 3. The van der Waals surface area contributed by atoms with Crippen molar-refractivity contribution in [3.05, 3.63) is 52.7 Å². The van der Waals surface area contributed by atoms with E-state index in [0.29, 0.717) is 23.2 Å². The van der Waals surface area contributed by atoms with Crippen LogP contribution >= 0.6 is 11.6 Å². The number of nitrogens with zero attached hydrogens (tertiary/aromatic N) is 1. The second-order valence-electron chi connectivity index (χ2n) is 3.80. The number of hydrogen-bond donors (Lipinski definition) is 1. The molecule has 0 bridgehead atoms. The zero-order chi connectivity index (χ0) is 12.3. The van der Waals surface area contributed by atoms with Gasteiger partial charge in [0.15, 0.2) is 0 Å². The van der Waals surface area contributed by atoms with Crippen molar-refractivity contribution in [3.63, 3.8) is 0 Å². The number of benzene rings is 1. The minimum absolute atomic E-state index is 0.441. The first kappa shape index (κ1) is 11.7. The summed E-state index contributed by atoms with van der Waals surface area (Å²) in [5, 5.41) is 0.701. The number of anilines is 1. The highest BCUT2D eigenvalue weighted by atomic mass is 35.5. The second kappa shape index (κ2) is 5.06. The molecule has 0 spiro atoms. The Labute approximate surface area is 105 Å². The highest BCUT2D eigenvalue weighted by Gasteiger charge is 2.00. The summed E-state index contributed by atoms with van der Waals surface area (Å²) >= 11 is 5.88. The van der Waals surface area contributed by atoms with Gasteiger partial charge >= 0.3 is 0 Å². The van der Waals surface area contributed by atoms with Crippen molar-refractivity contribution >= 4 is 17.3 Å². The Balaban J connectivity index is 2.05. The molecule has 0 aliphatic carbocycles. The topological polar surface area (TPSA) is 48.1 Å². The van der Waals surface area contributed by atoms with E-state index in [9.17, 15) is 0 Å². The predicted octanol–water partition coefficient (Wildman–Crippen LogP) is 3.20. The SMILES string of the molecule is Cc1cc(OCc2cccc(Cl)c2)ncc1N. The Morgan fingerprint density at radius 3 is 2.88 bits per heavy atom. The summed E-state index contributed by atoms with van der Waals surface area (Å²) in [5.74, 6) is 0.566. The van der Waals surface area contributed by atoms with Gasteiger partial charge < -0.3 is 10.5 Å². The summed E-state index contributed by atoms with van der Waals surface area (Å²) in [6.07, 6.45) is 1.60. The van der Waals surface area contributed by atoms with Crippen molar-refractivity contribution in [1.29, 1.82) is 0 Å². The van der Waals surface area contributed by atoms with E-state index in [4.69, 9.17) is 22.1 Å². The van der Waals surface area contributed by atoms with Crippen LogP contribution in [0.2, 0.25) is 5.02 Å². The van der Waals surface area contributed by atoms with Crippen molar-refractivity contribution in [3.8, 4) is 5.88 Å². The molecule has 2 N–H and O–H groups in total. The number of rotatable bonds is 3. The third-order valence-corrected chi connectivity index (χ3v) is 2.64. The van der Waals surface area contributed by atoms with Gasteiger partial charge in [0.05, 0.1) is 11.9 Å². The quantitative estimate of drug-likeness (QED) is 0.907. The van der Waals surface area contributed by atoms with Crippen LogP contribution in [0.25, 0.3) is 0 Å². The van der Waals surface area contributed by atoms with Crippen LogP contribution in [0.1, 0.15) is 11.1 Å². The normalized spacial score (nSPS) is 10.2. The van der Waals surface area contributed by atoms with Crippen LogP contribution in [0.3, 0.4) is 0 Å². The molecule has 1 heterocycles. The van der Waals surface area contributed by atoms with E-state index in [-0.39, 0.29) is 0 Å². The Bertz CT molecular complexity index is 529. The minimum atomic E-state index is 0.441. The number of pyridine rings is 1. The fourth-order valence-electron chi connectivity index (χ4n) is 1.40. The first-order chi connectivity index (χ1) is 8.15. The maximum atomic E-state index is 5.88. The molecule has 0 amide bonds. The maximum absolute atomic E-state index is 5.88. The van der Waals surface area contributed by atoms with Gasteiger partial charge in [-0.1, -0.05) is 23.7 Å². The van der Waals surface area contributed by atoms with Crippen molar-refractivity contribution in [2.45, 2.75) is 13.5 Å². The molecule has 3 nitrogen and oxygen atoms in total. The molecule has 0 saturated heterocycles. The highest BCUT2D eigenvalue weighted by Crippen LogP contribution is 2.17. The number of nitrogens with two attached hydrogens (primary N) is 1. The van der Waals surface area contributed by atoms with Gasteiger partial charge in [-0.15, -0.1) is 0 Å². The third-order valence-electron chi connectivity index (χ3n) is 2.40. The van der Waals surface area contributed by atoms with E-state index in [1.54, 1.807) is 6.20 Å². The van der Waals surface area contributed by atoms with Crippen molar-refractivity contribution in [1.82, 2.24) is 4.98 Å². The first-order valence-corrected chi connectivity index (χ1v) is 5.62. The van der Waals surface area contributed by atoms with Crippen LogP contribution in [0.15, 0.2) is 36.5 Å². The molecular weight excluding hydrogens is 236 g/mol. The molecule has 88 valence electrons. The third kappa shape index (κ3) is 3.11. The second-order valence-corrected chi connectivity index (χ2v) is 4.23. The highest BCUT2D eigenvalue weighted by molar-refractivity contribution is 6.30. The molecule has 0 fully saturated rings. The number of ether oxygens (including phenoxy) is 1. The van der Waals surface area contributed by atoms with Crippen LogP contribution in [0.5, 0.6) is 5.88 Å². The summed E-state index contributed by atoms with van der Waals surface area (Å²) in [6, 6.07) is 9.36. The van der Waals surface area contributed by atoms with Crippen molar-refractivity contribution < 1.29 is 4.74 Å². The van der Waals surface area contributed by atoms with Crippen molar-refractivity contribution in [2.75, 3.05) is 5.73 Å². The predicted molar refractivity (Wildman–Crippen MR) is 69.2 cm³/mol. The van der Waals surface area contributed by atoms with E-state index >= 15 is 0 Å². The number of aryl methyl sites for hydroxylation is 1. The molecule has 0 atom stereocenters. The lowest BCUT2D eigenvalue weighted by Gasteiger charge is -2.07. The lowest BCUT2D eigenvalue weighted by molar-refractivity contribution is 0.294. The Morgan fingerprint density at radius 2 is 2.18 bits per heavy atom. The van der Waals surface area contributed by atoms with E-state index < -0.39 is 0 Å².